The highest BCUT2D eigenvalue weighted by Crippen LogP contribution is 2.24. The van der Waals surface area contributed by atoms with Crippen LogP contribution in [0.15, 0.2) is 0 Å². The van der Waals surface area contributed by atoms with Crippen molar-refractivity contribution < 1.29 is 28.6 Å². The second kappa shape index (κ2) is 47.3. The van der Waals surface area contributed by atoms with Crippen molar-refractivity contribution in [2.75, 3.05) is 39.5 Å². The first-order valence-corrected chi connectivity index (χ1v) is 27.5. The number of carbonyl (C=O) groups excluding carboxylic acids is 3. The van der Waals surface area contributed by atoms with Crippen molar-refractivity contribution >= 4 is 17.9 Å². The van der Waals surface area contributed by atoms with Crippen molar-refractivity contribution in [1.29, 1.82) is 0 Å². The minimum atomic E-state index is -0.0180. The second-order valence-electron chi connectivity index (χ2n) is 19.0. The number of hydrogen-bond donors (Lipinski definition) is 0. The number of hydrogen-bond acceptors (Lipinski definition) is 7. The predicted octanol–water partition coefficient (Wildman–Crippen LogP) is 16.3. The molecular weight excluding hydrogens is 771 g/mol. The summed E-state index contributed by atoms with van der Waals surface area (Å²) in [5.74, 6) is 1.39. The molecule has 0 rings (SSSR count). The summed E-state index contributed by atoms with van der Waals surface area (Å²) in [4.78, 5) is 40.4. The molecule has 7 heteroatoms. The molecule has 0 saturated heterocycles. The van der Waals surface area contributed by atoms with Crippen LogP contribution in [0.2, 0.25) is 0 Å². The number of ether oxygens (including phenoxy) is 3. The molecule has 368 valence electrons. The van der Waals surface area contributed by atoms with E-state index in [9.17, 15) is 14.4 Å². The Morgan fingerprint density at radius 2 is 0.694 bits per heavy atom. The van der Waals surface area contributed by atoms with E-state index in [0.29, 0.717) is 44.5 Å². The van der Waals surface area contributed by atoms with Crippen molar-refractivity contribution in [3.05, 3.63) is 0 Å². The monoisotopic (exact) mass is 878 g/mol. The first-order valence-electron chi connectivity index (χ1n) is 27.5. The van der Waals surface area contributed by atoms with Gasteiger partial charge in [0.25, 0.3) is 0 Å². The van der Waals surface area contributed by atoms with Gasteiger partial charge in [-0.1, -0.05) is 221 Å². The number of rotatable bonds is 49. The Morgan fingerprint density at radius 1 is 0.355 bits per heavy atom. The minimum absolute atomic E-state index is 0.00593. The Morgan fingerprint density at radius 3 is 1.05 bits per heavy atom. The van der Waals surface area contributed by atoms with E-state index in [-0.39, 0.29) is 23.8 Å². The Labute approximate surface area is 386 Å². The lowest BCUT2D eigenvalue weighted by atomic mass is 9.92. The zero-order valence-electron chi connectivity index (χ0n) is 42.5. The fraction of sp³-hybridized carbons (Fsp3) is 0.945. The summed E-state index contributed by atoms with van der Waals surface area (Å²) < 4.78 is 17.1. The normalized spacial score (nSPS) is 11.7. The molecule has 0 amide bonds. The van der Waals surface area contributed by atoms with Gasteiger partial charge in [0.05, 0.1) is 25.7 Å². The van der Waals surface area contributed by atoms with E-state index in [1.54, 1.807) is 0 Å². The molecule has 0 aromatic heterocycles. The van der Waals surface area contributed by atoms with Crippen molar-refractivity contribution in [3.63, 3.8) is 0 Å². The van der Waals surface area contributed by atoms with Gasteiger partial charge in [0.15, 0.2) is 0 Å². The van der Waals surface area contributed by atoms with Gasteiger partial charge in [-0.15, -0.1) is 0 Å². The Kier molecular flexibility index (Phi) is 46.1. The van der Waals surface area contributed by atoms with Gasteiger partial charge in [-0.05, 0) is 69.9 Å². The summed E-state index contributed by atoms with van der Waals surface area (Å²) in [6.45, 7) is 18.1. The molecule has 0 atom stereocenters. The maximum atomic E-state index is 13.2. The van der Waals surface area contributed by atoms with Crippen LogP contribution in [0.3, 0.4) is 0 Å². The standard InChI is InChI=1S/C55H107NO6/c1-7-13-27-36-50(37-28-14-8-2)44-48-60-53(57)42-33-25-21-17-19-23-31-40-52(55(59)62-47-35-46-56(11-5)12-6)41-32-24-20-18-22-26-34-43-54(58)61-49-45-51(38-29-15-9-3)39-30-16-10-4/h50-52H,7-49H2,1-6H3. The van der Waals surface area contributed by atoms with Crippen LogP contribution in [0.4, 0.5) is 0 Å². The van der Waals surface area contributed by atoms with E-state index >= 15 is 0 Å². The molecule has 0 saturated carbocycles. The number of esters is 3. The zero-order valence-corrected chi connectivity index (χ0v) is 42.5. The van der Waals surface area contributed by atoms with Crippen LogP contribution in [-0.2, 0) is 28.6 Å². The highest BCUT2D eigenvalue weighted by Gasteiger charge is 2.20. The fourth-order valence-electron chi connectivity index (χ4n) is 9.01. The lowest BCUT2D eigenvalue weighted by Crippen LogP contribution is -2.26. The van der Waals surface area contributed by atoms with Gasteiger partial charge in [-0.3, -0.25) is 14.4 Å². The largest absolute Gasteiger partial charge is 0.466 e. The lowest BCUT2D eigenvalue weighted by Gasteiger charge is -2.19. The van der Waals surface area contributed by atoms with E-state index in [4.69, 9.17) is 14.2 Å². The third-order valence-electron chi connectivity index (χ3n) is 13.4. The van der Waals surface area contributed by atoms with Crippen molar-refractivity contribution in [2.45, 2.75) is 279 Å². The summed E-state index contributed by atoms with van der Waals surface area (Å²) in [5.41, 5.74) is 0. The molecule has 0 unspecified atom stereocenters. The highest BCUT2D eigenvalue weighted by atomic mass is 16.5. The summed E-state index contributed by atoms with van der Waals surface area (Å²) in [6.07, 6.45) is 42.0. The molecule has 0 aromatic carbocycles. The molecule has 0 spiro atoms. The molecular formula is C55H107NO6. The van der Waals surface area contributed by atoms with Gasteiger partial charge in [0.1, 0.15) is 0 Å². The smallest absolute Gasteiger partial charge is 0.308 e. The third-order valence-corrected chi connectivity index (χ3v) is 13.4. The molecule has 0 aliphatic heterocycles. The predicted molar refractivity (Wildman–Crippen MR) is 265 cm³/mol. The molecule has 0 aliphatic rings. The van der Waals surface area contributed by atoms with E-state index < -0.39 is 0 Å². The average Bonchev–Trinajstić information content (AvgIpc) is 3.27. The van der Waals surface area contributed by atoms with Gasteiger partial charge in [0, 0.05) is 19.4 Å². The van der Waals surface area contributed by atoms with Gasteiger partial charge < -0.3 is 19.1 Å². The number of nitrogens with zero attached hydrogens (tertiary/aromatic N) is 1. The molecule has 0 aliphatic carbocycles. The van der Waals surface area contributed by atoms with Gasteiger partial charge in [-0.2, -0.15) is 0 Å². The SMILES string of the molecule is CCCCCC(CCCCC)CCOC(=O)CCCCCCCCCC(CCCCCCCCCC(=O)OCCC(CCCCC)CCCCC)C(=O)OCCCN(CC)CC. The molecule has 0 fully saturated rings. The third kappa shape index (κ3) is 39.9. The first kappa shape index (κ1) is 60.4. The summed E-state index contributed by atoms with van der Waals surface area (Å²) in [6, 6.07) is 0. The lowest BCUT2D eigenvalue weighted by molar-refractivity contribution is -0.149. The van der Waals surface area contributed by atoms with Gasteiger partial charge in [-0.25, -0.2) is 0 Å². The fourth-order valence-corrected chi connectivity index (χ4v) is 9.01. The van der Waals surface area contributed by atoms with E-state index in [1.165, 1.54) is 128 Å². The van der Waals surface area contributed by atoms with E-state index in [1.807, 2.05) is 0 Å². The second-order valence-corrected chi connectivity index (χ2v) is 19.0. The van der Waals surface area contributed by atoms with Gasteiger partial charge in [0.2, 0.25) is 0 Å². The molecule has 0 aromatic rings. The summed E-state index contributed by atoms with van der Waals surface area (Å²) in [5, 5.41) is 0. The van der Waals surface area contributed by atoms with Crippen LogP contribution in [0.1, 0.15) is 279 Å². The minimum Gasteiger partial charge on any atom is -0.466 e. The maximum Gasteiger partial charge on any atom is 0.308 e. The first-order chi connectivity index (χ1) is 30.3. The average molecular weight is 878 g/mol. The molecule has 7 nitrogen and oxygen atoms in total. The van der Waals surface area contributed by atoms with Crippen molar-refractivity contribution in [1.82, 2.24) is 4.90 Å². The van der Waals surface area contributed by atoms with Crippen LogP contribution in [0, 0.1) is 17.8 Å². The van der Waals surface area contributed by atoms with Crippen molar-refractivity contribution in [3.8, 4) is 0 Å². The molecule has 0 radical (unpaired) electrons. The molecule has 0 heterocycles. The van der Waals surface area contributed by atoms with Crippen LogP contribution in [0.25, 0.3) is 0 Å². The zero-order chi connectivity index (χ0) is 45.6. The van der Waals surface area contributed by atoms with Crippen LogP contribution >= 0.6 is 0 Å². The van der Waals surface area contributed by atoms with Crippen LogP contribution in [-0.4, -0.2) is 62.3 Å². The molecule has 0 bridgehead atoms. The van der Waals surface area contributed by atoms with Crippen LogP contribution in [0.5, 0.6) is 0 Å². The number of unbranched alkanes of at least 4 members (excludes halogenated alkanes) is 20. The summed E-state index contributed by atoms with van der Waals surface area (Å²) in [7, 11) is 0. The number of carbonyl (C=O) groups is 3. The summed E-state index contributed by atoms with van der Waals surface area (Å²) >= 11 is 0. The molecule has 62 heavy (non-hydrogen) atoms. The molecule has 0 N–H and O–H groups in total. The topological polar surface area (TPSA) is 82.1 Å². The Hall–Kier alpha value is -1.63. The Bertz CT molecular complexity index is 889. The van der Waals surface area contributed by atoms with E-state index in [2.05, 4.69) is 46.4 Å². The maximum absolute atomic E-state index is 13.2. The Balaban J connectivity index is 4.34. The van der Waals surface area contributed by atoms with Crippen molar-refractivity contribution in [2.24, 2.45) is 17.8 Å². The van der Waals surface area contributed by atoms with Crippen LogP contribution < -0.4 is 0 Å². The van der Waals surface area contributed by atoms with Gasteiger partial charge >= 0.3 is 17.9 Å². The highest BCUT2D eigenvalue weighted by molar-refractivity contribution is 5.72. The quantitative estimate of drug-likeness (QED) is 0.0342. The van der Waals surface area contributed by atoms with E-state index in [0.717, 1.165) is 116 Å².